The fraction of sp³-hybridized carbons (Fsp3) is 0.420. The van der Waals surface area contributed by atoms with Crippen LogP contribution in [0.4, 0.5) is 5.82 Å². The zero-order valence-electron chi connectivity index (χ0n) is 38.3. The van der Waals surface area contributed by atoms with Crippen LogP contribution in [-0.4, -0.2) is 110 Å². The van der Waals surface area contributed by atoms with Gasteiger partial charge in [0.2, 0.25) is 23.6 Å². The van der Waals surface area contributed by atoms with E-state index in [-0.39, 0.29) is 73.0 Å². The first-order valence-electron chi connectivity index (χ1n) is 22.8. The van der Waals surface area contributed by atoms with E-state index in [1.807, 2.05) is 81.7 Å². The molecule has 16 nitrogen and oxygen atoms in total. The second kappa shape index (κ2) is 20.2. The number of piperidine rings is 1. The molecular formula is C50H59N9O7S. The number of nitrogens with two attached hydrogens (primary N) is 1. The molecule has 8 rings (SSSR count). The number of carbonyl (C=O) groups is 4. The maximum absolute atomic E-state index is 14.1. The van der Waals surface area contributed by atoms with E-state index < -0.39 is 29.5 Å². The lowest BCUT2D eigenvalue weighted by Gasteiger charge is -2.35. The summed E-state index contributed by atoms with van der Waals surface area (Å²) in [7, 11) is 0. The zero-order valence-corrected chi connectivity index (χ0v) is 39.1. The largest absolute Gasteiger partial charge is 0.507 e. The summed E-state index contributed by atoms with van der Waals surface area (Å²) < 4.78 is 5.93. The van der Waals surface area contributed by atoms with Crippen LogP contribution in [0.25, 0.3) is 21.7 Å². The first-order chi connectivity index (χ1) is 32.1. The smallest absolute Gasteiger partial charge is 0.246 e. The molecule has 3 aromatic carbocycles. The predicted octanol–water partition coefficient (Wildman–Crippen LogP) is 4.48. The third kappa shape index (κ3) is 11.2. The zero-order chi connectivity index (χ0) is 47.4. The van der Waals surface area contributed by atoms with Crippen LogP contribution in [0.15, 0.2) is 84.4 Å². The standard InChI is InChI=1S/C50H59N9O7S/c1-29-44(67-28-54-29)33-15-13-32(14-16-33)23-52-47(63)39-21-34(60)25-59(39)49(65)45(50(2,3)4)55-42(62)17-19-58-26-36-37(27-58)43(36)48(64)53-24-31-11-9-30(10-12-31)18-20-66-41-22-38(56-57-46(41)51)35-7-5-6-8-40(35)61/h5-16,22,28,34,36-37,39,43,45,60-61H,17-21,23-27H2,1-4H3,(H2,51,57)(H,52,63)(H,53,64)(H,55,62)/t34-,36-,37+,39+,43+,45-/m1/s1. The number of nitrogens with zero attached hydrogens (tertiary/aromatic N) is 5. The first kappa shape index (κ1) is 47.1. The Hall–Kier alpha value is -6.43. The number of carbonyl (C=O) groups excluding carboxylic acids is 4. The summed E-state index contributed by atoms with van der Waals surface area (Å²) in [6, 6.07) is 22.6. The van der Waals surface area contributed by atoms with Crippen molar-refractivity contribution in [1.29, 1.82) is 0 Å². The fourth-order valence-corrected chi connectivity index (χ4v) is 10.0. The number of hydrogen-bond acceptors (Lipinski definition) is 13. The minimum atomic E-state index is -0.907. The third-order valence-electron chi connectivity index (χ3n) is 13.0. The monoisotopic (exact) mass is 929 g/mol. The number of para-hydroxylation sites is 1. The number of aliphatic hydroxyl groups is 1. The third-order valence-corrected chi connectivity index (χ3v) is 14.0. The van der Waals surface area contributed by atoms with Gasteiger partial charge >= 0.3 is 0 Å². The maximum atomic E-state index is 14.1. The number of phenolic OH excluding ortho intramolecular Hbond substituents is 1. The number of ether oxygens (including phenoxy) is 1. The molecule has 6 atom stereocenters. The minimum absolute atomic E-state index is 0.00436. The molecule has 7 N–H and O–H groups in total. The molecule has 3 fully saturated rings. The number of thiazole rings is 1. The molecule has 2 aliphatic heterocycles. The number of nitrogens with one attached hydrogen (secondary N) is 3. The number of aromatic nitrogens is 3. The van der Waals surface area contributed by atoms with Gasteiger partial charge in [0.15, 0.2) is 11.6 Å². The van der Waals surface area contributed by atoms with Crippen molar-refractivity contribution in [2.75, 3.05) is 38.5 Å². The van der Waals surface area contributed by atoms with E-state index in [0.29, 0.717) is 43.1 Å². The number of nitrogen functional groups attached to an aromatic ring is 1. The van der Waals surface area contributed by atoms with Crippen molar-refractivity contribution in [2.45, 2.75) is 78.2 Å². The van der Waals surface area contributed by atoms with Crippen molar-refractivity contribution in [3.8, 4) is 33.2 Å². The molecular weight excluding hydrogens is 871 g/mol. The van der Waals surface area contributed by atoms with Crippen LogP contribution < -0.4 is 26.4 Å². The average Bonchev–Trinajstić information content (AvgIpc) is 3.64. The van der Waals surface area contributed by atoms with Gasteiger partial charge in [-0.25, -0.2) is 4.98 Å². The van der Waals surface area contributed by atoms with Crippen molar-refractivity contribution in [1.82, 2.24) is 40.9 Å². The summed E-state index contributed by atoms with van der Waals surface area (Å²) in [6.07, 6.45) is 0.0568. The van der Waals surface area contributed by atoms with Gasteiger partial charge in [0, 0.05) is 76.1 Å². The Balaban J connectivity index is 0.744. The Labute approximate surface area is 394 Å². The highest BCUT2D eigenvalue weighted by Gasteiger charge is 2.59. The Morgan fingerprint density at radius 1 is 0.896 bits per heavy atom. The van der Waals surface area contributed by atoms with Crippen molar-refractivity contribution in [2.24, 2.45) is 23.2 Å². The first-order valence-corrected chi connectivity index (χ1v) is 23.7. The van der Waals surface area contributed by atoms with Crippen molar-refractivity contribution in [3.63, 3.8) is 0 Å². The molecule has 0 radical (unpaired) electrons. The average molecular weight is 930 g/mol. The van der Waals surface area contributed by atoms with Crippen molar-refractivity contribution < 1.29 is 34.1 Å². The van der Waals surface area contributed by atoms with E-state index in [2.05, 4.69) is 36.0 Å². The summed E-state index contributed by atoms with van der Waals surface area (Å²) in [6.45, 7) is 10.6. The van der Waals surface area contributed by atoms with Gasteiger partial charge in [0.1, 0.15) is 23.5 Å². The van der Waals surface area contributed by atoms with Gasteiger partial charge in [-0.15, -0.1) is 21.5 Å². The summed E-state index contributed by atoms with van der Waals surface area (Å²) in [4.78, 5) is 63.2. The molecule has 67 heavy (non-hydrogen) atoms. The minimum Gasteiger partial charge on any atom is -0.507 e. The Kier molecular flexibility index (Phi) is 14.2. The van der Waals surface area contributed by atoms with Crippen LogP contribution >= 0.6 is 11.3 Å². The lowest BCUT2D eigenvalue weighted by Crippen LogP contribution is -2.57. The number of phenols is 1. The molecule has 2 aromatic heterocycles. The summed E-state index contributed by atoms with van der Waals surface area (Å²) in [5.74, 6) is 0.0954. The van der Waals surface area contributed by atoms with E-state index in [1.165, 1.54) is 4.90 Å². The molecule has 0 bridgehead atoms. The quantitative estimate of drug-likeness (QED) is 0.0760. The number of fused-ring (bicyclic) bond motifs is 1. The fourth-order valence-electron chi connectivity index (χ4n) is 9.19. The number of β-amino-alcohol motifs (C(OH)–C–C–N with tert-alkyl or cyclic N) is 1. The van der Waals surface area contributed by atoms with Gasteiger partial charge in [-0.3, -0.25) is 19.2 Å². The number of hydrogen-bond donors (Lipinski definition) is 6. The molecule has 0 unspecified atom stereocenters. The molecule has 4 amide bonds. The Morgan fingerprint density at radius 2 is 1.55 bits per heavy atom. The van der Waals surface area contributed by atoms with Gasteiger partial charge in [-0.1, -0.05) is 81.4 Å². The number of benzene rings is 3. The number of anilines is 1. The number of aliphatic hydroxyl groups excluding tert-OH is 1. The van der Waals surface area contributed by atoms with Crippen LogP contribution in [0.5, 0.6) is 11.5 Å². The lowest BCUT2D eigenvalue weighted by atomic mass is 9.85. The Morgan fingerprint density at radius 3 is 2.21 bits per heavy atom. The highest BCUT2D eigenvalue weighted by Crippen LogP contribution is 2.51. The number of rotatable bonds is 17. The molecule has 1 saturated carbocycles. The SMILES string of the molecule is Cc1ncsc1-c1ccc(CNC(=O)[C@@H]2C[C@@H](O)CN2C(=O)[C@@H](NC(=O)CCN2C[C@@H]3[C@H](C2)[C@H]3C(=O)NCc2ccc(CCOc3cc(-c4ccccc4O)nnc3N)cc2)C(C)(C)C)cc1. The second-order valence-corrected chi connectivity index (χ2v) is 19.8. The lowest BCUT2D eigenvalue weighted by molar-refractivity contribution is -0.144. The van der Waals surface area contributed by atoms with Gasteiger partial charge in [0.25, 0.3) is 0 Å². The molecule has 17 heteroatoms. The van der Waals surface area contributed by atoms with Gasteiger partial charge < -0.3 is 46.4 Å². The normalized spacial score (nSPS) is 20.5. The van der Waals surface area contributed by atoms with Crippen molar-refractivity contribution >= 4 is 40.8 Å². The molecule has 4 heterocycles. The summed E-state index contributed by atoms with van der Waals surface area (Å²) >= 11 is 1.58. The molecule has 1 aliphatic carbocycles. The predicted molar refractivity (Wildman–Crippen MR) is 254 cm³/mol. The highest BCUT2D eigenvalue weighted by atomic mass is 32.1. The highest BCUT2D eigenvalue weighted by molar-refractivity contribution is 7.13. The summed E-state index contributed by atoms with van der Waals surface area (Å²) in [5, 5.41) is 37.9. The molecule has 352 valence electrons. The van der Waals surface area contributed by atoms with E-state index in [9.17, 15) is 29.4 Å². The van der Waals surface area contributed by atoms with E-state index >= 15 is 0 Å². The maximum Gasteiger partial charge on any atom is 0.246 e. The van der Waals surface area contributed by atoms with Gasteiger partial charge in [-0.05, 0) is 58.6 Å². The second-order valence-electron chi connectivity index (χ2n) is 18.9. The van der Waals surface area contributed by atoms with E-state index in [4.69, 9.17) is 10.5 Å². The molecule has 5 aromatic rings. The molecule has 3 aliphatic rings. The van der Waals surface area contributed by atoms with Gasteiger partial charge in [0.05, 0.1) is 28.8 Å². The van der Waals surface area contributed by atoms with Crippen molar-refractivity contribution in [3.05, 3.63) is 107 Å². The summed E-state index contributed by atoms with van der Waals surface area (Å²) in [5.41, 5.74) is 13.1. The van der Waals surface area contributed by atoms with Crippen LogP contribution in [-0.2, 0) is 38.7 Å². The van der Waals surface area contributed by atoms with Gasteiger partial charge in [-0.2, -0.15) is 0 Å². The van der Waals surface area contributed by atoms with E-state index in [1.54, 1.807) is 41.7 Å². The Bertz CT molecular complexity index is 2570. The van der Waals surface area contributed by atoms with Crippen LogP contribution in [0.2, 0.25) is 0 Å². The number of amides is 4. The number of likely N-dealkylation sites (tertiary alicyclic amines) is 2. The van der Waals surface area contributed by atoms with E-state index in [0.717, 1.165) is 45.9 Å². The number of aromatic hydroxyl groups is 1. The van der Waals surface area contributed by atoms with Crippen LogP contribution in [0, 0.1) is 30.1 Å². The van der Waals surface area contributed by atoms with Crippen LogP contribution in [0.3, 0.4) is 0 Å². The molecule has 0 spiro atoms. The number of aryl methyl sites for hydroxylation is 1. The topological polar surface area (TPSA) is 225 Å². The van der Waals surface area contributed by atoms with Crippen LogP contribution in [0.1, 0.15) is 56.0 Å². The molecule has 2 saturated heterocycles.